The minimum atomic E-state index is -0.296. The lowest BCUT2D eigenvalue weighted by molar-refractivity contribution is -0.157. The number of esters is 1. The van der Waals surface area contributed by atoms with Gasteiger partial charge in [0.1, 0.15) is 0 Å². The maximum absolute atomic E-state index is 12.9. The fourth-order valence-corrected chi connectivity index (χ4v) is 6.28. The summed E-state index contributed by atoms with van der Waals surface area (Å²) in [6.45, 7) is -0.0474. The van der Waals surface area contributed by atoms with Gasteiger partial charge in [0.2, 0.25) is 0 Å². The SMILES string of the molecule is O=C(CCc1cnn(-c2ccccc2)c1)OCC(=O)C12CC3CC(CC(C3)C1)C2. The van der Waals surface area contributed by atoms with Crippen molar-refractivity contribution in [2.75, 3.05) is 6.61 Å². The van der Waals surface area contributed by atoms with Gasteiger partial charge in [-0.2, -0.15) is 5.10 Å². The molecule has 4 aliphatic rings. The number of carbonyl (C=O) groups is 2. The Morgan fingerprint density at radius 2 is 1.69 bits per heavy atom. The van der Waals surface area contributed by atoms with Crippen molar-refractivity contribution in [3.8, 4) is 5.69 Å². The molecular weight excluding hydrogens is 364 g/mol. The molecule has 5 heteroatoms. The van der Waals surface area contributed by atoms with Crippen molar-refractivity contribution < 1.29 is 14.3 Å². The first-order valence-electron chi connectivity index (χ1n) is 10.9. The van der Waals surface area contributed by atoms with Gasteiger partial charge in [0, 0.05) is 18.0 Å². The predicted octanol–water partition coefficient (Wildman–Crippen LogP) is 4.13. The van der Waals surface area contributed by atoms with Crippen LogP contribution in [-0.2, 0) is 20.7 Å². The van der Waals surface area contributed by atoms with Crippen LogP contribution in [0.3, 0.4) is 0 Å². The van der Waals surface area contributed by atoms with Crippen molar-refractivity contribution in [3.63, 3.8) is 0 Å². The average Bonchev–Trinajstić information content (AvgIpc) is 3.19. The summed E-state index contributed by atoms with van der Waals surface area (Å²) in [6, 6.07) is 9.88. The summed E-state index contributed by atoms with van der Waals surface area (Å²) in [5, 5.41) is 4.36. The average molecular weight is 392 g/mol. The number of para-hydroxylation sites is 1. The largest absolute Gasteiger partial charge is 0.458 e. The van der Waals surface area contributed by atoms with Crippen molar-refractivity contribution in [1.82, 2.24) is 9.78 Å². The minimum Gasteiger partial charge on any atom is -0.458 e. The van der Waals surface area contributed by atoms with Gasteiger partial charge in [0.05, 0.1) is 11.9 Å². The predicted molar refractivity (Wildman–Crippen MR) is 108 cm³/mol. The molecule has 5 nitrogen and oxygen atoms in total. The van der Waals surface area contributed by atoms with E-state index < -0.39 is 0 Å². The van der Waals surface area contributed by atoms with Crippen LogP contribution in [0.1, 0.15) is 50.5 Å². The standard InChI is InChI=1S/C24H28N2O3/c27-22(24-11-18-8-19(12-24)10-20(9-18)13-24)16-29-23(28)7-6-17-14-25-26(15-17)21-4-2-1-3-5-21/h1-5,14-15,18-20H,6-13,16H2. The van der Waals surface area contributed by atoms with Crippen LogP contribution in [0.25, 0.3) is 5.69 Å². The lowest BCUT2D eigenvalue weighted by Gasteiger charge is -2.55. The van der Waals surface area contributed by atoms with Crippen LogP contribution in [0.5, 0.6) is 0 Å². The van der Waals surface area contributed by atoms with E-state index in [1.807, 2.05) is 36.5 Å². The summed E-state index contributed by atoms with van der Waals surface area (Å²) in [4.78, 5) is 25.2. The molecule has 0 unspecified atom stereocenters. The molecule has 1 aromatic heterocycles. The first-order chi connectivity index (χ1) is 14.1. The Kier molecular flexibility index (Phi) is 4.76. The van der Waals surface area contributed by atoms with Crippen molar-refractivity contribution in [1.29, 1.82) is 0 Å². The van der Waals surface area contributed by atoms with Crippen LogP contribution in [-0.4, -0.2) is 28.1 Å². The highest BCUT2D eigenvalue weighted by molar-refractivity contribution is 5.88. The Morgan fingerprint density at radius 1 is 1.03 bits per heavy atom. The van der Waals surface area contributed by atoms with Gasteiger partial charge >= 0.3 is 5.97 Å². The number of ether oxygens (including phenoxy) is 1. The second-order valence-corrected chi connectivity index (χ2v) is 9.41. The number of Topliss-reactive ketones (excluding diaryl/α,β-unsaturated/α-hetero) is 1. The van der Waals surface area contributed by atoms with Gasteiger partial charge in [0.15, 0.2) is 12.4 Å². The Labute approximate surface area is 171 Å². The molecule has 2 aromatic rings. The first kappa shape index (κ1) is 18.6. The van der Waals surface area contributed by atoms with Crippen molar-refractivity contribution in [3.05, 3.63) is 48.3 Å². The number of aromatic nitrogens is 2. The number of nitrogens with zero attached hydrogens (tertiary/aromatic N) is 2. The van der Waals surface area contributed by atoms with Gasteiger partial charge in [-0.05, 0) is 80.4 Å². The number of rotatable bonds is 7. The second-order valence-electron chi connectivity index (χ2n) is 9.41. The number of benzene rings is 1. The molecule has 0 aliphatic heterocycles. The maximum Gasteiger partial charge on any atom is 0.306 e. The van der Waals surface area contributed by atoms with Gasteiger partial charge in [-0.1, -0.05) is 18.2 Å². The monoisotopic (exact) mass is 392 g/mol. The van der Waals surface area contributed by atoms with E-state index in [0.29, 0.717) is 6.42 Å². The Balaban J connectivity index is 1.11. The van der Waals surface area contributed by atoms with Crippen LogP contribution in [0.2, 0.25) is 0 Å². The Hall–Kier alpha value is -2.43. The molecule has 0 amide bonds. The van der Waals surface area contributed by atoms with E-state index in [2.05, 4.69) is 5.10 Å². The molecular formula is C24H28N2O3. The summed E-state index contributed by atoms with van der Waals surface area (Å²) in [7, 11) is 0. The number of aryl methyl sites for hydroxylation is 1. The molecule has 152 valence electrons. The molecule has 0 radical (unpaired) electrons. The highest BCUT2D eigenvalue weighted by Gasteiger charge is 2.54. The molecule has 0 atom stereocenters. The normalized spacial score (nSPS) is 29.7. The van der Waals surface area contributed by atoms with E-state index in [-0.39, 0.29) is 30.2 Å². The molecule has 0 saturated heterocycles. The zero-order valence-electron chi connectivity index (χ0n) is 16.8. The molecule has 0 N–H and O–H groups in total. The van der Waals surface area contributed by atoms with Gasteiger partial charge in [-0.25, -0.2) is 4.68 Å². The smallest absolute Gasteiger partial charge is 0.306 e. The Bertz CT molecular complexity index is 867. The molecule has 4 saturated carbocycles. The van der Waals surface area contributed by atoms with Gasteiger partial charge in [-0.3, -0.25) is 9.59 Å². The zero-order chi connectivity index (χ0) is 19.8. The maximum atomic E-state index is 12.9. The third-order valence-electron chi connectivity index (χ3n) is 7.27. The van der Waals surface area contributed by atoms with E-state index in [4.69, 9.17) is 4.74 Å². The minimum absolute atomic E-state index is 0.0474. The van der Waals surface area contributed by atoms with E-state index in [9.17, 15) is 9.59 Å². The lowest BCUT2D eigenvalue weighted by Crippen LogP contribution is -2.51. The van der Waals surface area contributed by atoms with Crippen LogP contribution in [0, 0.1) is 23.2 Å². The summed E-state index contributed by atoms with van der Waals surface area (Å²) in [5.74, 6) is 2.04. The number of hydrogen-bond donors (Lipinski definition) is 0. The summed E-state index contributed by atoms with van der Waals surface area (Å²) >= 11 is 0. The number of hydrogen-bond acceptors (Lipinski definition) is 4. The van der Waals surface area contributed by atoms with Crippen LogP contribution >= 0.6 is 0 Å². The molecule has 1 aromatic carbocycles. The number of ketones is 1. The summed E-state index contributed by atoms with van der Waals surface area (Å²) < 4.78 is 7.19. The van der Waals surface area contributed by atoms with Gasteiger partial charge in [-0.15, -0.1) is 0 Å². The van der Waals surface area contributed by atoms with Crippen molar-refractivity contribution in [2.24, 2.45) is 23.2 Å². The second kappa shape index (κ2) is 7.43. The van der Waals surface area contributed by atoms with E-state index in [1.165, 1.54) is 19.3 Å². The van der Waals surface area contributed by atoms with E-state index in [0.717, 1.165) is 48.3 Å². The van der Waals surface area contributed by atoms with E-state index in [1.54, 1.807) is 10.9 Å². The molecule has 1 heterocycles. The molecule has 4 bridgehead atoms. The lowest BCUT2D eigenvalue weighted by atomic mass is 9.48. The van der Waals surface area contributed by atoms with Gasteiger partial charge < -0.3 is 4.74 Å². The highest BCUT2D eigenvalue weighted by atomic mass is 16.5. The fraction of sp³-hybridized carbons (Fsp3) is 0.542. The molecule has 4 fully saturated rings. The van der Waals surface area contributed by atoms with Crippen molar-refractivity contribution >= 4 is 11.8 Å². The first-order valence-corrected chi connectivity index (χ1v) is 10.9. The van der Waals surface area contributed by atoms with Crippen molar-refractivity contribution in [2.45, 2.75) is 51.4 Å². The van der Waals surface area contributed by atoms with Gasteiger partial charge in [0.25, 0.3) is 0 Å². The molecule has 4 aliphatic carbocycles. The van der Waals surface area contributed by atoms with Crippen LogP contribution < -0.4 is 0 Å². The topological polar surface area (TPSA) is 61.2 Å². The number of carbonyl (C=O) groups excluding carboxylic acids is 2. The third kappa shape index (κ3) is 3.75. The molecule has 6 rings (SSSR count). The summed E-state index contributed by atoms with van der Waals surface area (Å²) in [5.41, 5.74) is 1.78. The third-order valence-corrected chi connectivity index (χ3v) is 7.27. The van der Waals surface area contributed by atoms with E-state index >= 15 is 0 Å². The quantitative estimate of drug-likeness (QED) is 0.665. The highest BCUT2D eigenvalue weighted by Crippen LogP contribution is 2.60. The molecule has 0 spiro atoms. The summed E-state index contributed by atoms with van der Waals surface area (Å²) in [6.07, 6.45) is 11.5. The molecule has 29 heavy (non-hydrogen) atoms. The Morgan fingerprint density at radius 3 is 2.34 bits per heavy atom. The fourth-order valence-electron chi connectivity index (χ4n) is 6.28. The zero-order valence-corrected chi connectivity index (χ0v) is 16.8. The van der Waals surface area contributed by atoms with Crippen LogP contribution in [0.15, 0.2) is 42.7 Å². The van der Waals surface area contributed by atoms with Crippen LogP contribution in [0.4, 0.5) is 0 Å².